The average Bonchev–Trinajstić information content (AvgIpc) is 2.78. The van der Waals surface area contributed by atoms with Crippen molar-refractivity contribution >= 4 is 25.6 Å². The number of aryl methyl sites for hydroxylation is 1. The van der Waals surface area contributed by atoms with Gasteiger partial charge < -0.3 is 4.90 Å². The van der Waals surface area contributed by atoms with Crippen LogP contribution in [0.25, 0.3) is 0 Å². The highest BCUT2D eigenvalue weighted by molar-refractivity contribution is 8.13. The van der Waals surface area contributed by atoms with Gasteiger partial charge >= 0.3 is 0 Å². The number of benzene rings is 1. The largest absolute Gasteiger partial charge is 0.333 e. The molecule has 1 fully saturated rings. The fourth-order valence-corrected chi connectivity index (χ4v) is 3.84. The molecule has 4 nitrogen and oxygen atoms in total. The van der Waals surface area contributed by atoms with Crippen LogP contribution >= 0.6 is 10.7 Å². The topological polar surface area (TPSA) is 54.5 Å². The third-order valence-electron chi connectivity index (χ3n) is 4.20. The van der Waals surface area contributed by atoms with Gasteiger partial charge in [-0.15, -0.1) is 0 Å². The Morgan fingerprint density at radius 2 is 2.05 bits per heavy atom. The van der Waals surface area contributed by atoms with Crippen molar-refractivity contribution in [2.24, 2.45) is 0 Å². The Hall–Kier alpha value is -1.07. The smallest absolute Gasteiger partial charge is 0.261 e. The maximum absolute atomic E-state index is 12.8. The number of carbonyl (C=O) groups excluding carboxylic acids is 1. The van der Waals surface area contributed by atoms with Gasteiger partial charge in [-0.2, -0.15) is 0 Å². The standard InChI is InChI=1S/C15H20ClNO3S/c1-4-12-6-5-11(3)17(12)15(18)14-8-7-13(9-10(14)2)21(16,19)20/h7-9,11-12H,4-6H2,1-3H3. The Labute approximate surface area is 130 Å². The molecule has 0 aromatic heterocycles. The number of amides is 1. The second-order valence-electron chi connectivity index (χ2n) is 5.62. The first-order valence-electron chi connectivity index (χ1n) is 7.13. The van der Waals surface area contributed by atoms with Crippen molar-refractivity contribution in [1.82, 2.24) is 4.90 Å². The van der Waals surface area contributed by atoms with Crippen LogP contribution in [0.2, 0.25) is 0 Å². The van der Waals surface area contributed by atoms with E-state index in [9.17, 15) is 13.2 Å². The molecule has 1 aliphatic rings. The molecule has 0 bridgehead atoms. The summed E-state index contributed by atoms with van der Waals surface area (Å²) in [6.07, 6.45) is 2.97. The molecule has 6 heteroatoms. The summed E-state index contributed by atoms with van der Waals surface area (Å²) in [4.78, 5) is 14.7. The van der Waals surface area contributed by atoms with E-state index in [-0.39, 0.29) is 22.9 Å². The molecular formula is C15H20ClNO3S. The predicted molar refractivity (Wildman–Crippen MR) is 83.2 cm³/mol. The summed E-state index contributed by atoms with van der Waals surface area (Å²) in [5.41, 5.74) is 1.18. The third kappa shape index (κ3) is 3.24. The van der Waals surface area contributed by atoms with Crippen LogP contribution in [-0.2, 0) is 9.05 Å². The molecule has 1 aromatic rings. The summed E-state index contributed by atoms with van der Waals surface area (Å²) >= 11 is 0. The molecule has 0 aliphatic carbocycles. The zero-order chi connectivity index (χ0) is 15.8. The van der Waals surface area contributed by atoms with Crippen LogP contribution in [0.4, 0.5) is 0 Å². The molecule has 1 saturated heterocycles. The Morgan fingerprint density at radius 1 is 1.38 bits per heavy atom. The molecule has 2 unspecified atom stereocenters. The van der Waals surface area contributed by atoms with Crippen molar-refractivity contribution in [2.75, 3.05) is 0 Å². The average molecular weight is 330 g/mol. The molecule has 116 valence electrons. The number of hydrogen-bond donors (Lipinski definition) is 0. The lowest BCUT2D eigenvalue weighted by atomic mass is 10.1. The van der Waals surface area contributed by atoms with Crippen LogP contribution < -0.4 is 0 Å². The maximum atomic E-state index is 12.8. The van der Waals surface area contributed by atoms with Crippen molar-refractivity contribution in [1.29, 1.82) is 0 Å². The van der Waals surface area contributed by atoms with Crippen LogP contribution in [0.5, 0.6) is 0 Å². The van der Waals surface area contributed by atoms with Crippen LogP contribution in [-0.4, -0.2) is 31.3 Å². The van der Waals surface area contributed by atoms with E-state index in [0.29, 0.717) is 11.1 Å². The molecule has 0 N–H and O–H groups in total. The number of halogens is 1. The van der Waals surface area contributed by atoms with Gasteiger partial charge in [0.05, 0.1) is 4.90 Å². The van der Waals surface area contributed by atoms with E-state index in [0.717, 1.165) is 19.3 Å². The fraction of sp³-hybridized carbons (Fsp3) is 0.533. The summed E-state index contributed by atoms with van der Waals surface area (Å²) in [6, 6.07) is 4.90. The van der Waals surface area contributed by atoms with E-state index in [4.69, 9.17) is 10.7 Å². The molecule has 0 spiro atoms. The molecule has 0 radical (unpaired) electrons. The second kappa shape index (κ2) is 5.97. The van der Waals surface area contributed by atoms with E-state index in [2.05, 4.69) is 13.8 Å². The van der Waals surface area contributed by atoms with Crippen LogP contribution in [0.3, 0.4) is 0 Å². The van der Waals surface area contributed by atoms with E-state index in [1.807, 2.05) is 4.90 Å². The Kier molecular flexibility index (Phi) is 4.63. The first-order valence-corrected chi connectivity index (χ1v) is 9.44. The molecule has 1 aliphatic heterocycles. The summed E-state index contributed by atoms with van der Waals surface area (Å²) in [5, 5.41) is 0. The van der Waals surface area contributed by atoms with Gasteiger partial charge in [-0.05, 0) is 56.9 Å². The first kappa shape index (κ1) is 16.3. The van der Waals surface area contributed by atoms with Gasteiger partial charge in [-0.25, -0.2) is 8.42 Å². The van der Waals surface area contributed by atoms with Crippen LogP contribution in [0.1, 0.15) is 49.0 Å². The lowest BCUT2D eigenvalue weighted by molar-refractivity contribution is 0.0675. The molecule has 2 atom stereocenters. The number of nitrogens with zero attached hydrogens (tertiary/aromatic N) is 1. The molecule has 21 heavy (non-hydrogen) atoms. The fourth-order valence-electron chi connectivity index (χ4n) is 3.01. The predicted octanol–water partition coefficient (Wildman–Crippen LogP) is 3.33. The van der Waals surface area contributed by atoms with E-state index < -0.39 is 9.05 Å². The number of carbonyl (C=O) groups is 1. The highest BCUT2D eigenvalue weighted by Crippen LogP contribution is 2.29. The number of hydrogen-bond acceptors (Lipinski definition) is 3. The monoisotopic (exact) mass is 329 g/mol. The normalized spacial score (nSPS) is 22.6. The molecule has 1 heterocycles. The summed E-state index contributed by atoms with van der Waals surface area (Å²) in [7, 11) is 1.57. The Morgan fingerprint density at radius 3 is 2.57 bits per heavy atom. The molecule has 0 saturated carbocycles. The van der Waals surface area contributed by atoms with Crippen LogP contribution in [0, 0.1) is 6.92 Å². The summed E-state index contributed by atoms with van der Waals surface area (Å²) in [6.45, 7) is 5.87. The van der Waals surface area contributed by atoms with Gasteiger partial charge in [0.1, 0.15) is 0 Å². The summed E-state index contributed by atoms with van der Waals surface area (Å²) < 4.78 is 22.7. The Bertz CT molecular complexity index is 657. The van der Waals surface area contributed by atoms with Gasteiger partial charge in [0, 0.05) is 28.3 Å². The van der Waals surface area contributed by atoms with Crippen molar-refractivity contribution in [3.63, 3.8) is 0 Å². The first-order chi connectivity index (χ1) is 9.75. The number of rotatable bonds is 3. The van der Waals surface area contributed by atoms with E-state index in [1.54, 1.807) is 13.0 Å². The number of likely N-dealkylation sites (tertiary alicyclic amines) is 1. The quantitative estimate of drug-likeness (QED) is 0.799. The van der Waals surface area contributed by atoms with Crippen molar-refractivity contribution < 1.29 is 13.2 Å². The second-order valence-corrected chi connectivity index (χ2v) is 8.18. The lowest BCUT2D eigenvalue weighted by Gasteiger charge is -2.28. The minimum Gasteiger partial charge on any atom is -0.333 e. The van der Waals surface area contributed by atoms with Gasteiger partial charge in [-0.1, -0.05) is 6.92 Å². The van der Waals surface area contributed by atoms with Crippen molar-refractivity contribution in [3.8, 4) is 0 Å². The van der Waals surface area contributed by atoms with Gasteiger partial charge in [0.15, 0.2) is 0 Å². The van der Waals surface area contributed by atoms with Gasteiger partial charge in [0.2, 0.25) is 0 Å². The van der Waals surface area contributed by atoms with Crippen molar-refractivity contribution in [3.05, 3.63) is 29.3 Å². The third-order valence-corrected chi connectivity index (χ3v) is 5.55. The van der Waals surface area contributed by atoms with Crippen molar-refractivity contribution in [2.45, 2.75) is 57.0 Å². The zero-order valence-electron chi connectivity index (χ0n) is 12.5. The van der Waals surface area contributed by atoms with Crippen LogP contribution in [0.15, 0.2) is 23.1 Å². The molecule has 2 rings (SSSR count). The Balaban J connectivity index is 2.36. The molecule has 1 amide bonds. The zero-order valence-corrected chi connectivity index (χ0v) is 14.0. The highest BCUT2D eigenvalue weighted by atomic mass is 35.7. The van der Waals surface area contributed by atoms with E-state index in [1.165, 1.54) is 12.1 Å². The van der Waals surface area contributed by atoms with E-state index >= 15 is 0 Å². The lowest BCUT2D eigenvalue weighted by Crippen LogP contribution is -2.40. The summed E-state index contributed by atoms with van der Waals surface area (Å²) in [5.74, 6) is -0.0251. The molecule has 1 aromatic carbocycles. The van der Waals surface area contributed by atoms with Gasteiger partial charge in [-0.3, -0.25) is 4.79 Å². The maximum Gasteiger partial charge on any atom is 0.261 e. The minimum atomic E-state index is -3.77. The van der Waals surface area contributed by atoms with Gasteiger partial charge in [0.25, 0.3) is 15.0 Å². The molecular weight excluding hydrogens is 310 g/mol. The minimum absolute atomic E-state index is 0.0251. The SMILES string of the molecule is CCC1CCC(C)N1C(=O)c1ccc(S(=O)(=O)Cl)cc1C. The highest BCUT2D eigenvalue weighted by Gasteiger charge is 2.34.